The number of H-pyrrole nitrogens is 1. The van der Waals surface area contributed by atoms with E-state index in [0.29, 0.717) is 5.95 Å². The molecule has 0 aliphatic carbocycles. The lowest BCUT2D eigenvalue weighted by Crippen LogP contribution is -2.28. The molecule has 2 rings (SSSR count). The largest absolute Gasteiger partial charge is 0.453 e. The van der Waals surface area contributed by atoms with Crippen LogP contribution in [0.1, 0.15) is 40.0 Å². The van der Waals surface area contributed by atoms with E-state index in [0.717, 1.165) is 52.3 Å². The summed E-state index contributed by atoms with van der Waals surface area (Å²) in [6.07, 6.45) is 11.1. The van der Waals surface area contributed by atoms with Crippen molar-refractivity contribution in [2.45, 2.75) is 51.0 Å². The van der Waals surface area contributed by atoms with E-state index in [1.165, 1.54) is 7.11 Å². The van der Waals surface area contributed by atoms with Crippen molar-refractivity contribution in [2.75, 3.05) is 19.0 Å². The van der Waals surface area contributed by atoms with Crippen LogP contribution in [0.15, 0.2) is 58.0 Å². The Labute approximate surface area is 188 Å². The summed E-state index contributed by atoms with van der Waals surface area (Å²) in [5.74, 6) is 0.361. The number of methoxy groups -OCH3 is 1. The Bertz CT molecular complexity index is 947. The van der Waals surface area contributed by atoms with Gasteiger partial charge in [0.2, 0.25) is 5.95 Å². The number of benzene rings is 1. The van der Waals surface area contributed by atoms with Crippen LogP contribution >= 0.6 is 11.8 Å². The summed E-state index contributed by atoms with van der Waals surface area (Å²) in [7, 11) is 1.32. The first-order valence-electron chi connectivity index (χ1n) is 10.6. The number of fused-ring (bicyclic) bond motifs is 1. The van der Waals surface area contributed by atoms with Gasteiger partial charge in [-0.3, -0.25) is 5.32 Å². The maximum atomic E-state index is 11.4. The summed E-state index contributed by atoms with van der Waals surface area (Å²) >= 11 is 1.68. The van der Waals surface area contributed by atoms with Gasteiger partial charge < -0.3 is 20.8 Å². The van der Waals surface area contributed by atoms with E-state index in [9.17, 15) is 4.79 Å². The van der Waals surface area contributed by atoms with Crippen LogP contribution in [-0.2, 0) is 4.74 Å². The molecule has 0 saturated heterocycles. The van der Waals surface area contributed by atoms with Gasteiger partial charge in [0.1, 0.15) is 0 Å². The predicted molar refractivity (Wildman–Crippen MR) is 130 cm³/mol. The Kier molecular flexibility index (Phi) is 10.2. The molecule has 0 bridgehead atoms. The molecule has 1 amide bonds. The van der Waals surface area contributed by atoms with Crippen LogP contribution in [-0.4, -0.2) is 35.8 Å². The number of anilines is 1. The van der Waals surface area contributed by atoms with Crippen LogP contribution in [0.3, 0.4) is 0 Å². The van der Waals surface area contributed by atoms with E-state index in [1.54, 1.807) is 11.8 Å². The number of thioether (sulfide) groups is 1. The summed E-state index contributed by atoms with van der Waals surface area (Å²) in [4.78, 5) is 21.1. The Morgan fingerprint density at radius 2 is 2.16 bits per heavy atom. The summed E-state index contributed by atoms with van der Waals surface area (Å²) in [6, 6.07) is 5.97. The summed E-state index contributed by atoms with van der Waals surface area (Å²) in [6.45, 7) is 7.00. The van der Waals surface area contributed by atoms with Gasteiger partial charge >= 0.3 is 6.09 Å². The number of rotatable bonds is 11. The molecule has 31 heavy (non-hydrogen) atoms. The highest BCUT2D eigenvalue weighted by Crippen LogP contribution is 2.30. The second-order valence-electron chi connectivity index (χ2n) is 7.02. The molecule has 7 nitrogen and oxygen atoms in total. The van der Waals surface area contributed by atoms with Crippen LogP contribution in [0.2, 0.25) is 0 Å². The van der Waals surface area contributed by atoms with E-state index < -0.39 is 6.09 Å². The molecule has 2 aromatic rings. The first-order chi connectivity index (χ1) is 15.0. The van der Waals surface area contributed by atoms with E-state index in [-0.39, 0.29) is 6.04 Å². The minimum atomic E-state index is -0.558. The fourth-order valence-electron chi connectivity index (χ4n) is 2.81. The number of allylic oxidation sites excluding steroid dienone is 3. The van der Waals surface area contributed by atoms with Gasteiger partial charge in [0.25, 0.3) is 0 Å². The first kappa shape index (κ1) is 24.6. The highest BCUT2D eigenvalue weighted by atomic mass is 32.2. The number of ether oxygens (including phenoxy) is 1. The molecular weight excluding hydrogens is 410 g/mol. The molecule has 0 fully saturated rings. The van der Waals surface area contributed by atoms with Gasteiger partial charge in [0.05, 0.1) is 18.1 Å². The number of nitrogens with one attached hydrogen (secondary N) is 3. The van der Waals surface area contributed by atoms with Crippen LogP contribution in [0.5, 0.6) is 0 Å². The van der Waals surface area contributed by atoms with Crippen molar-refractivity contribution in [1.29, 1.82) is 0 Å². The topological polar surface area (TPSA) is 105 Å². The molecule has 0 spiro atoms. The molecule has 1 aromatic heterocycles. The Hall–Kier alpha value is -2.71. The number of aromatic amines is 1. The van der Waals surface area contributed by atoms with Crippen molar-refractivity contribution >= 4 is 34.8 Å². The number of unbranched alkanes of at least 4 members (excludes halogenated alkanes) is 1. The third kappa shape index (κ3) is 8.15. The second kappa shape index (κ2) is 12.9. The summed E-state index contributed by atoms with van der Waals surface area (Å²) < 4.78 is 4.60. The fraction of sp³-hybridized carbons (Fsp3) is 0.391. The predicted octanol–water partition coefficient (Wildman–Crippen LogP) is 5.30. The number of carbonyl (C=O) groups excluding carboxylic acids is 1. The number of carbonyl (C=O) groups is 1. The molecular formula is C23H33N5O2S. The molecule has 0 aliphatic rings. The third-order valence-electron chi connectivity index (χ3n) is 4.35. The number of hydrogen-bond acceptors (Lipinski definition) is 6. The van der Waals surface area contributed by atoms with Crippen molar-refractivity contribution in [3.05, 3.63) is 53.1 Å². The molecule has 0 aliphatic heterocycles. The van der Waals surface area contributed by atoms with Crippen molar-refractivity contribution in [3.63, 3.8) is 0 Å². The number of imidazole rings is 1. The summed E-state index contributed by atoms with van der Waals surface area (Å²) in [5, 5.41) is 5.97. The second-order valence-corrected chi connectivity index (χ2v) is 8.16. The van der Waals surface area contributed by atoms with Crippen molar-refractivity contribution in [3.8, 4) is 0 Å². The average molecular weight is 444 g/mol. The standard InChI is InChI=1S/C23H33N5O2S/c1-5-7-11-19(16(3)24)25-14-8-10-17(9-6-2)31-18-12-13-20-21(15-18)27-22(26-20)28-23(29)30-4/h8-13,15-16,25H,5-7,14,24H2,1-4H3,(H2,26,27,28,29)/b10-8-,17-9+,19-11+. The van der Waals surface area contributed by atoms with E-state index in [1.807, 2.05) is 25.1 Å². The van der Waals surface area contributed by atoms with Gasteiger partial charge in [-0.15, -0.1) is 0 Å². The lowest BCUT2D eigenvalue weighted by Gasteiger charge is -2.13. The molecule has 168 valence electrons. The van der Waals surface area contributed by atoms with E-state index >= 15 is 0 Å². The highest BCUT2D eigenvalue weighted by Gasteiger charge is 2.08. The van der Waals surface area contributed by atoms with E-state index in [2.05, 4.69) is 63.5 Å². The normalized spacial score (nSPS) is 13.6. The van der Waals surface area contributed by atoms with Gasteiger partial charge in [-0.25, -0.2) is 9.78 Å². The number of aromatic nitrogens is 2. The molecule has 1 heterocycles. The van der Waals surface area contributed by atoms with Crippen LogP contribution in [0.25, 0.3) is 11.0 Å². The zero-order chi connectivity index (χ0) is 22.6. The Morgan fingerprint density at radius 3 is 2.84 bits per heavy atom. The zero-order valence-electron chi connectivity index (χ0n) is 18.7. The van der Waals surface area contributed by atoms with Crippen LogP contribution < -0.4 is 16.4 Å². The van der Waals surface area contributed by atoms with Crippen molar-refractivity contribution < 1.29 is 9.53 Å². The Balaban J connectivity index is 2.03. The quantitative estimate of drug-likeness (QED) is 0.277. The van der Waals surface area contributed by atoms with Gasteiger partial charge in [0, 0.05) is 28.1 Å². The maximum absolute atomic E-state index is 11.4. The van der Waals surface area contributed by atoms with Gasteiger partial charge in [-0.1, -0.05) is 56.3 Å². The van der Waals surface area contributed by atoms with Gasteiger partial charge in [0.15, 0.2) is 0 Å². The van der Waals surface area contributed by atoms with Crippen molar-refractivity contribution in [1.82, 2.24) is 15.3 Å². The molecule has 8 heteroatoms. The number of nitrogens with two attached hydrogens (primary N) is 1. The highest BCUT2D eigenvalue weighted by molar-refractivity contribution is 8.03. The van der Waals surface area contributed by atoms with Crippen molar-refractivity contribution in [2.24, 2.45) is 5.73 Å². The molecule has 1 unspecified atom stereocenters. The van der Waals surface area contributed by atoms with Crippen LogP contribution in [0.4, 0.5) is 10.7 Å². The molecule has 1 atom stereocenters. The molecule has 0 radical (unpaired) electrons. The minimum absolute atomic E-state index is 0.000301. The summed E-state index contributed by atoms with van der Waals surface area (Å²) in [5.41, 5.74) is 8.75. The van der Waals surface area contributed by atoms with Gasteiger partial charge in [-0.2, -0.15) is 0 Å². The third-order valence-corrected chi connectivity index (χ3v) is 5.38. The number of amides is 1. The maximum Gasteiger partial charge on any atom is 0.413 e. The molecule has 5 N–H and O–H groups in total. The smallest absolute Gasteiger partial charge is 0.413 e. The number of nitrogens with zero attached hydrogens (tertiary/aromatic N) is 1. The minimum Gasteiger partial charge on any atom is -0.453 e. The molecule has 1 aromatic carbocycles. The monoisotopic (exact) mass is 443 g/mol. The molecule has 0 saturated carbocycles. The average Bonchev–Trinajstić information content (AvgIpc) is 3.14. The van der Waals surface area contributed by atoms with Gasteiger partial charge in [-0.05, 0) is 38.0 Å². The SMILES string of the molecule is CC/C=C(\C=C/CN/C(=C/CCC)C(C)N)Sc1ccc2nc(NC(=O)OC)[nH]c2c1. The van der Waals surface area contributed by atoms with E-state index in [4.69, 9.17) is 5.73 Å². The lowest BCUT2D eigenvalue weighted by molar-refractivity contribution is 0.186. The Morgan fingerprint density at radius 1 is 1.35 bits per heavy atom. The fourth-order valence-corrected chi connectivity index (χ4v) is 3.81. The lowest BCUT2D eigenvalue weighted by atomic mass is 10.2. The number of hydrogen-bond donors (Lipinski definition) is 4. The van der Waals surface area contributed by atoms with Crippen LogP contribution in [0, 0.1) is 0 Å². The first-order valence-corrected chi connectivity index (χ1v) is 11.4. The zero-order valence-corrected chi connectivity index (χ0v) is 19.5.